The van der Waals surface area contributed by atoms with Crippen molar-refractivity contribution in [3.63, 3.8) is 0 Å². The van der Waals surface area contributed by atoms with Gasteiger partial charge in [0.2, 0.25) is 0 Å². The van der Waals surface area contributed by atoms with Gasteiger partial charge >= 0.3 is 0 Å². The van der Waals surface area contributed by atoms with Crippen LogP contribution in [0.25, 0.3) is 28.0 Å². The monoisotopic (exact) mass is 453 g/mol. The molecule has 4 heterocycles. The van der Waals surface area contributed by atoms with Crippen molar-refractivity contribution >= 4 is 10.9 Å². The minimum absolute atomic E-state index is 0.246. The maximum Gasteiger partial charge on any atom is 0.157 e. The zero-order valence-electron chi connectivity index (χ0n) is 19.1. The van der Waals surface area contributed by atoms with Gasteiger partial charge in [-0.1, -0.05) is 0 Å². The molecule has 5 aromatic rings. The van der Waals surface area contributed by atoms with Crippen LogP contribution in [0.3, 0.4) is 0 Å². The van der Waals surface area contributed by atoms with Gasteiger partial charge in [-0.3, -0.25) is 9.67 Å². The number of pyridine rings is 1. The molecule has 34 heavy (non-hydrogen) atoms. The van der Waals surface area contributed by atoms with E-state index in [1.165, 1.54) is 25.0 Å². The van der Waals surface area contributed by atoms with Gasteiger partial charge in [-0.05, 0) is 68.5 Å². The zero-order valence-corrected chi connectivity index (χ0v) is 19.1. The van der Waals surface area contributed by atoms with Gasteiger partial charge in [0.25, 0.3) is 0 Å². The van der Waals surface area contributed by atoms with Crippen LogP contribution in [0.4, 0.5) is 4.39 Å². The summed E-state index contributed by atoms with van der Waals surface area (Å²) in [7, 11) is 0. The molecule has 0 amide bonds. The first-order valence-corrected chi connectivity index (χ1v) is 11.5. The second-order valence-electron chi connectivity index (χ2n) is 8.99. The average molecular weight is 454 g/mol. The topological polar surface area (TPSA) is 74.3 Å². The smallest absolute Gasteiger partial charge is 0.157 e. The molecule has 170 valence electrons. The first-order valence-electron chi connectivity index (χ1n) is 11.5. The van der Waals surface area contributed by atoms with Gasteiger partial charge in [0, 0.05) is 41.9 Å². The van der Waals surface area contributed by atoms with E-state index in [0.29, 0.717) is 18.2 Å². The molecule has 0 radical (unpaired) electrons. The molecule has 4 aromatic heterocycles. The number of halogens is 1. The van der Waals surface area contributed by atoms with Crippen molar-refractivity contribution in [1.29, 1.82) is 0 Å². The SMILES string of the molecule is Cc1c(-c2ccc(F)cc2)nn(CC2CC2)c1Cc1cc(-n2nc(C)c3ccncc32)ncn1. The van der Waals surface area contributed by atoms with Crippen molar-refractivity contribution in [2.45, 2.75) is 39.7 Å². The predicted molar refractivity (Wildman–Crippen MR) is 127 cm³/mol. The van der Waals surface area contributed by atoms with Crippen LogP contribution in [0.2, 0.25) is 0 Å². The third-order valence-corrected chi connectivity index (χ3v) is 6.51. The lowest BCUT2D eigenvalue weighted by Gasteiger charge is -2.09. The lowest BCUT2D eigenvalue weighted by molar-refractivity contribution is 0.544. The molecule has 8 heteroatoms. The van der Waals surface area contributed by atoms with Crippen LogP contribution in [0.5, 0.6) is 0 Å². The lowest BCUT2D eigenvalue weighted by atomic mass is 10.0. The molecule has 0 spiro atoms. The Balaban J connectivity index is 1.39. The van der Waals surface area contributed by atoms with Crippen molar-refractivity contribution in [1.82, 2.24) is 34.5 Å². The predicted octanol–water partition coefficient (Wildman–Crippen LogP) is 4.83. The van der Waals surface area contributed by atoms with Crippen LogP contribution in [-0.2, 0) is 13.0 Å². The van der Waals surface area contributed by atoms with Crippen LogP contribution < -0.4 is 0 Å². The maximum absolute atomic E-state index is 13.5. The number of aromatic nitrogens is 7. The third kappa shape index (κ3) is 3.75. The van der Waals surface area contributed by atoms with Gasteiger partial charge in [0.05, 0.1) is 28.8 Å². The fourth-order valence-electron chi connectivity index (χ4n) is 4.45. The van der Waals surface area contributed by atoms with Crippen molar-refractivity contribution in [2.24, 2.45) is 5.92 Å². The molecule has 1 aliphatic carbocycles. The Morgan fingerprint density at radius 1 is 1.03 bits per heavy atom. The third-order valence-electron chi connectivity index (χ3n) is 6.51. The Hall–Kier alpha value is -3.94. The standard InChI is InChI=1S/C26H24FN7/c1-16-23(33(14-18-3-4-18)32-26(16)19-5-7-20(27)8-6-19)11-21-12-25(30-15-29-21)34-24-13-28-10-9-22(24)17(2)31-34/h5-10,12-13,15,18H,3-4,11,14H2,1-2H3. The number of aryl methyl sites for hydroxylation is 1. The van der Waals surface area contributed by atoms with E-state index < -0.39 is 0 Å². The van der Waals surface area contributed by atoms with Gasteiger partial charge < -0.3 is 0 Å². The number of hydrogen-bond acceptors (Lipinski definition) is 5. The highest BCUT2D eigenvalue weighted by atomic mass is 19.1. The minimum atomic E-state index is -0.246. The first kappa shape index (κ1) is 20.7. The van der Waals surface area contributed by atoms with E-state index in [1.54, 1.807) is 30.9 Å². The molecule has 0 saturated heterocycles. The highest BCUT2D eigenvalue weighted by Crippen LogP contribution is 2.33. The van der Waals surface area contributed by atoms with Crippen molar-refractivity contribution < 1.29 is 4.39 Å². The van der Waals surface area contributed by atoms with Crippen molar-refractivity contribution in [3.8, 4) is 17.1 Å². The van der Waals surface area contributed by atoms with Crippen LogP contribution in [0, 0.1) is 25.6 Å². The van der Waals surface area contributed by atoms with E-state index in [0.717, 1.165) is 51.4 Å². The Morgan fingerprint density at radius 2 is 1.85 bits per heavy atom. The molecular weight excluding hydrogens is 429 g/mol. The van der Waals surface area contributed by atoms with E-state index >= 15 is 0 Å². The summed E-state index contributed by atoms with van der Waals surface area (Å²) in [5, 5.41) is 10.7. The van der Waals surface area contributed by atoms with Gasteiger partial charge in [-0.2, -0.15) is 10.2 Å². The van der Waals surface area contributed by atoms with Crippen molar-refractivity contribution in [2.75, 3.05) is 0 Å². The van der Waals surface area contributed by atoms with E-state index in [4.69, 9.17) is 5.10 Å². The number of rotatable bonds is 6. The molecule has 1 aromatic carbocycles. The lowest BCUT2D eigenvalue weighted by Crippen LogP contribution is -2.09. The summed E-state index contributed by atoms with van der Waals surface area (Å²) in [4.78, 5) is 13.3. The number of benzene rings is 1. The van der Waals surface area contributed by atoms with E-state index in [-0.39, 0.29) is 5.82 Å². The number of fused-ring (bicyclic) bond motifs is 1. The largest absolute Gasteiger partial charge is 0.268 e. The Kier molecular flexibility index (Phi) is 4.94. The molecule has 0 atom stereocenters. The number of nitrogens with zero attached hydrogens (tertiary/aromatic N) is 7. The van der Waals surface area contributed by atoms with Crippen LogP contribution in [0.1, 0.15) is 35.5 Å². The fourth-order valence-corrected chi connectivity index (χ4v) is 4.45. The Bertz CT molecular complexity index is 1500. The van der Waals surface area contributed by atoms with Gasteiger partial charge in [0.1, 0.15) is 12.1 Å². The molecule has 0 bridgehead atoms. The summed E-state index contributed by atoms with van der Waals surface area (Å²) >= 11 is 0. The molecule has 1 saturated carbocycles. The molecule has 1 aliphatic rings. The molecule has 6 rings (SSSR count). The summed E-state index contributed by atoms with van der Waals surface area (Å²) in [5.74, 6) is 1.14. The molecular formula is C26H24FN7. The van der Waals surface area contributed by atoms with Gasteiger partial charge in [-0.25, -0.2) is 19.0 Å². The summed E-state index contributed by atoms with van der Waals surface area (Å²) in [5.41, 5.74) is 6.77. The molecule has 0 N–H and O–H groups in total. The second-order valence-corrected chi connectivity index (χ2v) is 8.99. The van der Waals surface area contributed by atoms with Gasteiger partial charge in [0.15, 0.2) is 5.82 Å². The van der Waals surface area contributed by atoms with E-state index in [1.807, 2.05) is 23.7 Å². The van der Waals surface area contributed by atoms with Crippen LogP contribution >= 0.6 is 0 Å². The molecule has 1 fully saturated rings. The fraction of sp³-hybridized carbons (Fsp3) is 0.269. The summed E-state index contributed by atoms with van der Waals surface area (Å²) in [6.45, 7) is 4.96. The summed E-state index contributed by atoms with van der Waals surface area (Å²) in [6.07, 6.45) is 8.26. The van der Waals surface area contributed by atoms with Gasteiger partial charge in [-0.15, -0.1) is 0 Å². The quantitative estimate of drug-likeness (QED) is 0.368. The summed E-state index contributed by atoms with van der Waals surface area (Å²) < 4.78 is 17.4. The molecule has 0 unspecified atom stereocenters. The maximum atomic E-state index is 13.5. The van der Waals surface area contributed by atoms with Crippen LogP contribution in [-0.4, -0.2) is 34.5 Å². The van der Waals surface area contributed by atoms with Crippen LogP contribution in [0.15, 0.2) is 55.1 Å². The minimum Gasteiger partial charge on any atom is -0.268 e. The zero-order chi connectivity index (χ0) is 23.2. The number of hydrogen-bond donors (Lipinski definition) is 0. The molecule has 7 nitrogen and oxygen atoms in total. The first-order chi connectivity index (χ1) is 16.6. The molecule has 0 aliphatic heterocycles. The Morgan fingerprint density at radius 3 is 2.65 bits per heavy atom. The van der Waals surface area contributed by atoms with Crippen molar-refractivity contribution in [3.05, 3.63) is 83.6 Å². The summed E-state index contributed by atoms with van der Waals surface area (Å²) in [6, 6.07) is 10.5. The highest BCUT2D eigenvalue weighted by molar-refractivity contribution is 5.82. The second kappa shape index (κ2) is 8.13. The Labute approximate surface area is 196 Å². The normalized spacial score (nSPS) is 13.6. The van der Waals surface area contributed by atoms with E-state index in [2.05, 4.69) is 31.7 Å². The highest BCUT2D eigenvalue weighted by Gasteiger charge is 2.25. The average Bonchev–Trinajstić information content (AvgIpc) is 3.55. The van der Waals surface area contributed by atoms with E-state index in [9.17, 15) is 4.39 Å².